The van der Waals surface area contributed by atoms with E-state index in [-0.39, 0.29) is 24.9 Å². The second kappa shape index (κ2) is 4.63. The van der Waals surface area contributed by atoms with Crippen molar-refractivity contribution >= 4 is 17.1 Å². The van der Waals surface area contributed by atoms with Gasteiger partial charge >= 0.3 is 0 Å². The van der Waals surface area contributed by atoms with Crippen LogP contribution in [0.2, 0.25) is 0 Å². The van der Waals surface area contributed by atoms with Crippen molar-refractivity contribution in [1.82, 2.24) is 19.5 Å². The van der Waals surface area contributed by atoms with Crippen LogP contribution >= 0.6 is 0 Å². The van der Waals surface area contributed by atoms with Gasteiger partial charge in [-0.2, -0.15) is 9.97 Å². The van der Waals surface area contributed by atoms with Crippen LogP contribution in [0.15, 0.2) is 6.33 Å². The number of hydrogen-bond acceptors (Lipinski definition) is 7. The van der Waals surface area contributed by atoms with E-state index in [1.807, 2.05) is 0 Å². The molecule has 0 aliphatic carbocycles. The summed E-state index contributed by atoms with van der Waals surface area (Å²) < 4.78 is 12.6. The molecule has 0 bridgehead atoms. The molecule has 0 amide bonds. The molecule has 1 saturated heterocycles. The standard InChI is InChI=1S/C11H15N5O3/c1-18-10-8-9(14-11(12)15-10)16(5-13-8)7-3-2-6(4-17)19-7/h5-7,17H,2-4H2,1H3,(H2,12,14,15)/t6-,7-/m1/s1. The van der Waals surface area contributed by atoms with Crippen LogP contribution in [0, 0.1) is 0 Å². The molecule has 3 rings (SSSR count). The molecule has 8 heteroatoms. The Labute approximate surface area is 109 Å². The van der Waals surface area contributed by atoms with E-state index in [2.05, 4.69) is 15.0 Å². The highest BCUT2D eigenvalue weighted by atomic mass is 16.5. The van der Waals surface area contributed by atoms with E-state index in [0.29, 0.717) is 17.0 Å². The molecule has 0 saturated carbocycles. The van der Waals surface area contributed by atoms with Crippen molar-refractivity contribution in [2.24, 2.45) is 0 Å². The van der Waals surface area contributed by atoms with E-state index in [0.717, 1.165) is 12.8 Å². The lowest BCUT2D eigenvalue weighted by Crippen LogP contribution is -2.14. The summed E-state index contributed by atoms with van der Waals surface area (Å²) in [5.74, 6) is 0.473. The number of aliphatic hydroxyl groups excluding tert-OH is 1. The fraction of sp³-hybridized carbons (Fsp3) is 0.545. The van der Waals surface area contributed by atoms with E-state index in [1.165, 1.54) is 7.11 Å². The molecule has 19 heavy (non-hydrogen) atoms. The minimum absolute atomic E-state index is 0.0174. The van der Waals surface area contributed by atoms with Crippen molar-refractivity contribution in [1.29, 1.82) is 0 Å². The molecule has 8 nitrogen and oxygen atoms in total. The van der Waals surface area contributed by atoms with Gasteiger partial charge in [-0.15, -0.1) is 0 Å². The molecule has 0 unspecified atom stereocenters. The van der Waals surface area contributed by atoms with E-state index in [1.54, 1.807) is 10.9 Å². The predicted molar refractivity (Wildman–Crippen MR) is 66.5 cm³/mol. The summed E-state index contributed by atoms with van der Waals surface area (Å²) in [7, 11) is 1.51. The molecule has 0 radical (unpaired) electrons. The fourth-order valence-electron chi connectivity index (χ4n) is 2.29. The Hall–Kier alpha value is -1.93. The number of fused-ring (bicyclic) bond motifs is 1. The summed E-state index contributed by atoms with van der Waals surface area (Å²) in [4.78, 5) is 12.4. The first-order chi connectivity index (χ1) is 9.22. The van der Waals surface area contributed by atoms with Crippen molar-refractivity contribution in [3.05, 3.63) is 6.33 Å². The molecule has 1 aliphatic rings. The predicted octanol–water partition coefficient (Wildman–Crippen LogP) is 0.0870. The van der Waals surface area contributed by atoms with Gasteiger partial charge in [-0.05, 0) is 12.8 Å². The minimum atomic E-state index is -0.193. The van der Waals surface area contributed by atoms with Crippen LogP contribution in [-0.2, 0) is 4.74 Å². The van der Waals surface area contributed by atoms with Gasteiger partial charge in [0.05, 0.1) is 26.1 Å². The highest BCUT2D eigenvalue weighted by Gasteiger charge is 2.28. The summed E-state index contributed by atoms with van der Waals surface area (Å²) in [5.41, 5.74) is 6.78. The van der Waals surface area contributed by atoms with Gasteiger partial charge in [0, 0.05) is 0 Å². The second-order valence-electron chi connectivity index (χ2n) is 4.39. The summed E-state index contributed by atoms with van der Waals surface area (Å²) >= 11 is 0. The fourth-order valence-corrected chi connectivity index (χ4v) is 2.29. The number of nitrogens with zero attached hydrogens (tertiary/aromatic N) is 4. The lowest BCUT2D eigenvalue weighted by atomic mass is 10.2. The first-order valence-corrected chi connectivity index (χ1v) is 6.03. The minimum Gasteiger partial charge on any atom is -0.479 e. The van der Waals surface area contributed by atoms with Gasteiger partial charge in [-0.1, -0.05) is 0 Å². The molecule has 102 valence electrons. The molecule has 1 fully saturated rings. The molecular formula is C11H15N5O3. The van der Waals surface area contributed by atoms with Gasteiger partial charge in [0.25, 0.3) is 0 Å². The molecule has 2 aromatic rings. The molecule has 3 heterocycles. The second-order valence-corrected chi connectivity index (χ2v) is 4.39. The molecule has 2 atom stereocenters. The lowest BCUT2D eigenvalue weighted by Gasteiger charge is -2.14. The number of ether oxygens (including phenoxy) is 2. The zero-order valence-corrected chi connectivity index (χ0v) is 10.5. The molecule has 3 N–H and O–H groups in total. The first-order valence-electron chi connectivity index (χ1n) is 6.03. The van der Waals surface area contributed by atoms with Gasteiger partial charge in [-0.25, -0.2) is 4.98 Å². The Morgan fingerprint density at radius 3 is 3.05 bits per heavy atom. The van der Waals surface area contributed by atoms with E-state index in [9.17, 15) is 0 Å². The van der Waals surface area contributed by atoms with Crippen molar-refractivity contribution in [3.8, 4) is 5.88 Å². The molecule has 0 aromatic carbocycles. The Balaban J connectivity index is 2.03. The number of rotatable bonds is 3. The number of methoxy groups -OCH3 is 1. The van der Waals surface area contributed by atoms with Gasteiger partial charge in [0.2, 0.25) is 11.8 Å². The third-order valence-corrected chi connectivity index (χ3v) is 3.20. The number of imidazole rings is 1. The van der Waals surface area contributed by atoms with Crippen molar-refractivity contribution < 1.29 is 14.6 Å². The maximum Gasteiger partial charge on any atom is 0.246 e. The number of anilines is 1. The van der Waals surface area contributed by atoms with Gasteiger partial charge in [0.1, 0.15) is 6.23 Å². The van der Waals surface area contributed by atoms with E-state index in [4.69, 9.17) is 20.3 Å². The van der Waals surface area contributed by atoms with E-state index < -0.39 is 0 Å². The first kappa shape index (κ1) is 12.1. The third-order valence-electron chi connectivity index (χ3n) is 3.20. The van der Waals surface area contributed by atoms with Crippen LogP contribution in [0.4, 0.5) is 5.95 Å². The maximum absolute atomic E-state index is 9.11. The largest absolute Gasteiger partial charge is 0.479 e. The summed E-state index contributed by atoms with van der Waals surface area (Å²) in [6.07, 6.45) is 2.90. The summed E-state index contributed by atoms with van der Waals surface area (Å²) in [6, 6.07) is 0. The van der Waals surface area contributed by atoms with Crippen molar-refractivity contribution in [2.75, 3.05) is 19.5 Å². The van der Waals surface area contributed by atoms with Crippen LogP contribution in [-0.4, -0.2) is 44.4 Å². The average Bonchev–Trinajstić information content (AvgIpc) is 3.03. The lowest BCUT2D eigenvalue weighted by molar-refractivity contribution is -0.0207. The zero-order valence-electron chi connectivity index (χ0n) is 10.5. The molecular weight excluding hydrogens is 250 g/mol. The Morgan fingerprint density at radius 2 is 2.37 bits per heavy atom. The highest BCUT2D eigenvalue weighted by Crippen LogP contribution is 2.31. The quantitative estimate of drug-likeness (QED) is 0.809. The highest BCUT2D eigenvalue weighted by molar-refractivity contribution is 5.77. The Morgan fingerprint density at radius 1 is 1.53 bits per heavy atom. The third kappa shape index (κ3) is 1.98. The summed E-state index contributed by atoms with van der Waals surface area (Å²) in [5, 5.41) is 9.11. The van der Waals surface area contributed by atoms with Gasteiger partial charge in [0.15, 0.2) is 11.2 Å². The van der Waals surface area contributed by atoms with Crippen LogP contribution in [0.25, 0.3) is 11.2 Å². The average molecular weight is 265 g/mol. The molecule has 1 aliphatic heterocycles. The van der Waals surface area contributed by atoms with Gasteiger partial charge in [-0.3, -0.25) is 4.57 Å². The van der Waals surface area contributed by atoms with Crippen molar-refractivity contribution in [2.45, 2.75) is 25.2 Å². The SMILES string of the molecule is COc1nc(N)nc2c1ncn2[C@H]1CC[C@H](CO)O1. The Bertz CT molecular complexity index is 599. The number of nitrogens with two attached hydrogens (primary N) is 1. The smallest absolute Gasteiger partial charge is 0.246 e. The molecule has 0 spiro atoms. The summed E-state index contributed by atoms with van der Waals surface area (Å²) in [6.45, 7) is 0.0174. The van der Waals surface area contributed by atoms with Crippen molar-refractivity contribution in [3.63, 3.8) is 0 Å². The Kier molecular flexibility index (Phi) is 2.96. The van der Waals surface area contributed by atoms with Crippen LogP contribution in [0.3, 0.4) is 0 Å². The number of aromatic nitrogens is 4. The number of nitrogen functional groups attached to an aromatic ring is 1. The zero-order chi connectivity index (χ0) is 13.4. The van der Waals surface area contributed by atoms with Crippen LogP contribution < -0.4 is 10.5 Å². The van der Waals surface area contributed by atoms with E-state index >= 15 is 0 Å². The maximum atomic E-state index is 9.11. The number of hydrogen-bond donors (Lipinski definition) is 2. The number of aliphatic hydroxyl groups is 1. The molecule has 2 aromatic heterocycles. The topological polar surface area (TPSA) is 108 Å². The monoisotopic (exact) mass is 265 g/mol. The van der Waals surface area contributed by atoms with Crippen LogP contribution in [0.1, 0.15) is 19.1 Å². The van der Waals surface area contributed by atoms with Gasteiger partial charge < -0.3 is 20.3 Å². The van der Waals surface area contributed by atoms with Crippen LogP contribution in [0.5, 0.6) is 5.88 Å². The normalized spacial score (nSPS) is 23.1.